The number of rotatable bonds is 3. The lowest BCUT2D eigenvalue weighted by Gasteiger charge is -2.03. The maximum absolute atomic E-state index is 12.1. The second-order valence-electron chi connectivity index (χ2n) is 4.67. The third kappa shape index (κ3) is 3.13. The van der Waals surface area contributed by atoms with Crippen LogP contribution in [0, 0.1) is 0 Å². The van der Waals surface area contributed by atoms with Crippen molar-refractivity contribution in [2.45, 2.75) is 0 Å². The Hall–Kier alpha value is -2.72. The van der Waals surface area contributed by atoms with E-state index in [0.717, 1.165) is 5.56 Å². The van der Waals surface area contributed by atoms with E-state index < -0.39 is 0 Å². The zero-order valence-electron chi connectivity index (χ0n) is 11.4. The molecule has 0 aliphatic heterocycles. The van der Waals surface area contributed by atoms with Crippen molar-refractivity contribution in [2.24, 2.45) is 0 Å². The predicted octanol–water partition coefficient (Wildman–Crippen LogP) is 4.56. The van der Waals surface area contributed by atoms with Gasteiger partial charge >= 0.3 is 0 Å². The average molecular weight is 314 g/mol. The molecule has 1 aromatic heterocycles. The Morgan fingerprint density at radius 3 is 2.32 bits per heavy atom. The van der Waals surface area contributed by atoms with Crippen molar-refractivity contribution < 1.29 is 14.3 Å². The van der Waals surface area contributed by atoms with E-state index >= 15 is 0 Å². The Kier molecular flexibility index (Phi) is 3.85. The Morgan fingerprint density at radius 2 is 1.64 bits per heavy atom. The zero-order valence-corrected chi connectivity index (χ0v) is 12.2. The van der Waals surface area contributed by atoms with E-state index in [0.29, 0.717) is 16.5 Å². The number of hydrogen-bond acceptors (Lipinski definition) is 3. The van der Waals surface area contributed by atoms with Crippen LogP contribution in [-0.4, -0.2) is 11.0 Å². The summed E-state index contributed by atoms with van der Waals surface area (Å²) in [4.78, 5) is 12.1. The van der Waals surface area contributed by atoms with Gasteiger partial charge in [0.1, 0.15) is 11.5 Å². The first-order valence-electron chi connectivity index (χ1n) is 6.58. The molecule has 0 aliphatic carbocycles. The van der Waals surface area contributed by atoms with Gasteiger partial charge in [-0.1, -0.05) is 11.6 Å². The summed E-state index contributed by atoms with van der Waals surface area (Å²) in [5.74, 6) is 0.581. The SMILES string of the molecule is O=C(Nc1ccc(O)cc1)c1ccc(-c2ccc(Cl)cc2)o1. The van der Waals surface area contributed by atoms with Crippen LogP contribution in [0.15, 0.2) is 65.1 Å². The molecular formula is C17H12ClNO3. The van der Waals surface area contributed by atoms with Gasteiger partial charge in [-0.15, -0.1) is 0 Å². The fourth-order valence-electron chi connectivity index (χ4n) is 1.97. The number of nitrogens with one attached hydrogen (secondary N) is 1. The number of furan rings is 1. The number of carbonyl (C=O) groups is 1. The van der Waals surface area contributed by atoms with Gasteiger partial charge in [0.25, 0.3) is 5.91 Å². The van der Waals surface area contributed by atoms with Crippen LogP contribution in [0.5, 0.6) is 5.75 Å². The highest BCUT2D eigenvalue weighted by atomic mass is 35.5. The van der Waals surface area contributed by atoms with Crippen molar-refractivity contribution in [1.82, 2.24) is 0 Å². The van der Waals surface area contributed by atoms with Gasteiger partial charge in [-0.2, -0.15) is 0 Å². The minimum atomic E-state index is -0.356. The van der Waals surface area contributed by atoms with Gasteiger partial charge in [-0.3, -0.25) is 4.79 Å². The summed E-state index contributed by atoms with van der Waals surface area (Å²) >= 11 is 5.84. The molecule has 2 aromatic carbocycles. The molecule has 22 heavy (non-hydrogen) atoms. The van der Waals surface area contributed by atoms with E-state index in [2.05, 4.69) is 5.32 Å². The van der Waals surface area contributed by atoms with Gasteiger partial charge in [0.05, 0.1) is 0 Å². The highest BCUT2D eigenvalue weighted by molar-refractivity contribution is 6.30. The minimum absolute atomic E-state index is 0.140. The summed E-state index contributed by atoms with van der Waals surface area (Å²) in [5.41, 5.74) is 1.42. The van der Waals surface area contributed by atoms with Crippen LogP contribution in [0.2, 0.25) is 5.02 Å². The van der Waals surface area contributed by atoms with Crippen molar-refractivity contribution in [1.29, 1.82) is 0 Å². The summed E-state index contributed by atoms with van der Waals surface area (Å²) in [6, 6.07) is 16.7. The van der Waals surface area contributed by atoms with Gasteiger partial charge in [-0.25, -0.2) is 0 Å². The van der Waals surface area contributed by atoms with Crippen molar-refractivity contribution in [3.05, 3.63) is 71.4 Å². The Bertz CT molecular complexity index is 792. The largest absolute Gasteiger partial charge is 0.508 e. The van der Waals surface area contributed by atoms with E-state index in [-0.39, 0.29) is 17.4 Å². The molecule has 0 aliphatic rings. The van der Waals surface area contributed by atoms with Gasteiger partial charge in [0, 0.05) is 16.3 Å². The first kappa shape index (κ1) is 14.2. The van der Waals surface area contributed by atoms with Crippen molar-refractivity contribution in [3.63, 3.8) is 0 Å². The summed E-state index contributed by atoms with van der Waals surface area (Å²) in [5, 5.41) is 12.5. The summed E-state index contributed by atoms with van der Waals surface area (Å²) in [7, 11) is 0. The molecule has 0 unspecified atom stereocenters. The zero-order chi connectivity index (χ0) is 15.5. The van der Waals surface area contributed by atoms with Gasteiger partial charge in [-0.05, 0) is 60.7 Å². The summed E-state index contributed by atoms with van der Waals surface area (Å²) < 4.78 is 5.56. The van der Waals surface area contributed by atoms with Crippen LogP contribution in [0.4, 0.5) is 5.69 Å². The highest BCUT2D eigenvalue weighted by Crippen LogP contribution is 2.24. The predicted molar refractivity (Wildman–Crippen MR) is 85.2 cm³/mol. The second kappa shape index (κ2) is 5.95. The maximum atomic E-state index is 12.1. The van der Waals surface area contributed by atoms with Gasteiger partial charge in [0.15, 0.2) is 5.76 Å². The molecule has 5 heteroatoms. The Balaban J connectivity index is 1.76. The van der Waals surface area contributed by atoms with Gasteiger partial charge < -0.3 is 14.8 Å². The molecule has 4 nitrogen and oxygen atoms in total. The molecule has 1 amide bonds. The van der Waals surface area contributed by atoms with Crippen LogP contribution in [0.3, 0.4) is 0 Å². The second-order valence-corrected chi connectivity index (χ2v) is 5.11. The minimum Gasteiger partial charge on any atom is -0.508 e. The Labute approximate surface area is 132 Å². The van der Waals surface area contributed by atoms with Crippen molar-refractivity contribution in [3.8, 4) is 17.1 Å². The van der Waals surface area contributed by atoms with E-state index in [1.807, 2.05) is 12.1 Å². The van der Waals surface area contributed by atoms with Crippen LogP contribution < -0.4 is 5.32 Å². The Morgan fingerprint density at radius 1 is 0.955 bits per heavy atom. The van der Waals surface area contributed by atoms with Crippen LogP contribution in [0.1, 0.15) is 10.6 Å². The van der Waals surface area contributed by atoms with E-state index in [9.17, 15) is 9.90 Å². The van der Waals surface area contributed by atoms with Crippen molar-refractivity contribution >= 4 is 23.2 Å². The monoisotopic (exact) mass is 313 g/mol. The van der Waals surface area contributed by atoms with Crippen LogP contribution in [-0.2, 0) is 0 Å². The van der Waals surface area contributed by atoms with E-state index in [4.69, 9.17) is 16.0 Å². The molecule has 0 atom stereocenters. The normalized spacial score (nSPS) is 10.4. The van der Waals surface area contributed by atoms with E-state index in [1.54, 1.807) is 36.4 Å². The standard InChI is InChI=1S/C17H12ClNO3/c18-12-3-1-11(2-4-12)15-9-10-16(22-15)17(21)19-13-5-7-14(20)8-6-13/h1-10,20H,(H,19,21). The molecule has 3 aromatic rings. The molecule has 0 bridgehead atoms. The molecule has 1 heterocycles. The number of amides is 1. The average Bonchev–Trinajstić information content (AvgIpc) is 3.00. The van der Waals surface area contributed by atoms with Crippen molar-refractivity contribution in [2.75, 3.05) is 5.32 Å². The lowest BCUT2D eigenvalue weighted by Crippen LogP contribution is -2.10. The molecule has 2 N–H and O–H groups in total. The number of aromatic hydroxyl groups is 1. The number of hydrogen-bond donors (Lipinski definition) is 2. The number of halogens is 1. The molecular weight excluding hydrogens is 302 g/mol. The lowest BCUT2D eigenvalue weighted by molar-refractivity contribution is 0.0997. The molecule has 3 rings (SSSR count). The molecule has 0 radical (unpaired) electrons. The third-order valence-corrected chi connectivity index (χ3v) is 3.34. The van der Waals surface area contributed by atoms with E-state index in [1.165, 1.54) is 12.1 Å². The van der Waals surface area contributed by atoms with Crippen LogP contribution in [0.25, 0.3) is 11.3 Å². The fraction of sp³-hybridized carbons (Fsp3) is 0. The number of benzene rings is 2. The maximum Gasteiger partial charge on any atom is 0.291 e. The number of phenols is 1. The molecule has 0 saturated carbocycles. The molecule has 0 fully saturated rings. The van der Waals surface area contributed by atoms with Gasteiger partial charge in [0.2, 0.25) is 0 Å². The first-order valence-corrected chi connectivity index (χ1v) is 6.96. The lowest BCUT2D eigenvalue weighted by atomic mass is 10.2. The third-order valence-electron chi connectivity index (χ3n) is 3.08. The fourth-order valence-corrected chi connectivity index (χ4v) is 2.09. The smallest absolute Gasteiger partial charge is 0.291 e. The van der Waals surface area contributed by atoms with Crippen LogP contribution >= 0.6 is 11.6 Å². The summed E-state index contributed by atoms with van der Waals surface area (Å²) in [6.07, 6.45) is 0. The number of anilines is 1. The molecule has 110 valence electrons. The first-order chi connectivity index (χ1) is 10.6. The quantitative estimate of drug-likeness (QED) is 0.697. The highest BCUT2D eigenvalue weighted by Gasteiger charge is 2.12. The number of phenolic OH excluding ortho intramolecular Hbond substituents is 1. The molecule has 0 saturated heterocycles. The topological polar surface area (TPSA) is 62.5 Å². The summed E-state index contributed by atoms with van der Waals surface area (Å²) in [6.45, 7) is 0. The molecule has 0 spiro atoms. The number of carbonyl (C=O) groups excluding carboxylic acids is 1.